The van der Waals surface area contributed by atoms with E-state index in [1.807, 2.05) is 97.1 Å². The van der Waals surface area contributed by atoms with Gasteiger partial charge in [-0.2, -0.15) is 0 Å². The minimum Gasteiger partial charge on any atom is -0.383 e. The van der Waals surface area contributed by atoms with Crippen molar-refractivity contribution in [3.8, 4) is 36.0 Å². The minimum absolute atomic E-state index is 0.150. The van der Waals surface area contributed by atoms with Gasteiger partial charge in [-0.3, -0.25) is 14.7 Å². The summed E-state index contributed by atoms with van der Waals surface area (Å²) in [7, 11) is 0. The fourth-order valence-electron chi connectivity index (χ4n) is 9.28. The van der Waals surface area contributed by atoms with Crippen molar-refractivity contribution >= 4 is 104 Å². The molecule has 6 aromatic carbocycles. The fourth-order valence-corrected chi connectivity index (χ4v) is 9.68. The van der Waals surface area contributed by atoms with Crippen molar-refractivity contribution in [3.05, 3.63) is 271 Å². The van der Waals surface area contributed by atoms with Crippen molar-refractivity contribution < 1.29 is 38.6 Å². The van der Waals surface area contributed by atoms with E-state index >= 15 is 0 Å². The highest BCUT2D eigenvalue weighted by atomic mass is 79.9. The predicted molar refractivity (Wildman–Crippen MR) is 362 cm³/mol. The molecular formula is C69H54BrN15O10. The molecule has 6 heterocycles. The van der Waals surface area contributed by atoms with Crippen LogP contribution in [0.5, 0.6) is 0 Å². The number of para-hydroxylation sites is 3. The number of rotatable bonds is 8. The molecule has 0 unspecified atom stereocenters. The zero-order chi connectivity index (χ0) is 67.2. The van der Waals surface area contributed by atoms with Crippen LogP contribution in [-0.2, 0) is 0 Å². The molecule has 3 aliphatic heterocycles. The van der Waals surface area contributed by atoms with Gasteiger partial charge in [0.1, 0.15) is 28.2 Å². The maximum atomic E-state index is 12.7. The number of nitrogens with one attached hydrogen (secondary N) is 3. The summed E-state index contributed by atoms with van der Waals surface area (Å²) in [5, 5.41) is 29.4. The number of amides is 12. The van der Waals surface area contributed by atoms with Crippen LogP contribution in [0.2, 0.25) is 0 Å². The Morgan fingerprint density at radius 2 is 0.800 bits per heavy atom. The monoisotopic (exact) mass is 1330 g/mol. The summed E-state index contributed by atoms with van der Waals surface area (Å²) in [4.78, 5) is 115. The number of nitro groups is 2. The smallest absolute Gasteiger partial charge is 0.379 e. The number of nitrogen functional groups attached to an aromatic ring is 1. The van der Waals surface area contributed by atoms with Gasteiger partial charge in [0.15, 0.2) is 0 Å². The summed E-state index contributed by atoms with van der Waals surface area (Å²) in [6.45, 7) is 2.26. The van der Waals surface area contributed by atoms with E-state index in [-0.39, 0.29) is 35.8 Å². The van der Waals surface area contributed by atoms with Gasteiger partial charge >= 0.3 is 47.8 Å². The Morgan fingerprint density at radius 3 is 1.18 bits per heavy atom. The zero-order valence-corrected chi connectivity index (χ0v) is 51.6. The maximum absolute atomic E-state index is 12.7. The number of aromatic nitrogens is 3. The Hall–Kier alpha value is -13.3. The van der Waals surface area contributed by atoms with E-state index in [9.17, 15) is 49.0 Å². The Bertz CT molecular complexity index is 4520. The third kappa shape index (κ3) is 17.6. The minimum atomic E-state index is -0.591. The summed E-state index contributed by atoms with van der Waals surface area (Å²) in [5.41, 5.74) is 12.4. The second-order valence-corrected chi connectivity index (χ2v) is 20.9. The largest absolute Gasteiger partial charge is 0.383 e. The number of carbonyl (C=O) groups excluding carboxylic acids is 6. The van der Waals surface area contributed by atoms with Gasteiger partial charge in [0.2, 0.25) is 0 Å². The number of anilines is 7. The van der Waals surface area contributed by atoms with Crippen LogP contribution in [-0.4, -0.2) is 115 Å². The van der Waals surface area contributed by atoms with Gasteiger partial charge in [-0.05, 0) is 163 Å². The normalized spacial score (nSPS) is 12.7. The zero-order valence-electron chi connectivity index (χ0n) is 50.1. The van der Waals surface area contributed by atoms with E-state index in [1.165, 1.54) is 28.3 Å². The van der Waals surface area contributed by atoms with Crippen molar-refractivity contribution in [2.75, 3.05) is 75.7 Å². The highest BCUT2D eigenvalue weighted by Crippen LogP contribution is 2.26. The van der Waals surface area contributed by atoms with Crippen LogP contribution in [0.15, 0.2) is 223 Å². The number of hydrogen-bond acceptors (Lipinski definition) is 14. The molecule has 26 heteroatoms. The molecule has 3 aromatic heterocycles. The second kappa shape index (κ2) is 32.0. The molecule has 3 fully saturated rings. The van der Waals surface area contributed by atoms with Crippen molar-refractivity contribution in [1.82, 2.24) is 29.7 Å². The van der Waals surface area contributed by atoms with E-state index in [2.05, 4.69) is 76.4 Å². The first-order chi connectivity index (χ1) is 46.0. The molecule has 472 valence electrons. The highest BCUT2D eigenvalue weighted by molar-refractivity contribution is 9.10. The number of hydrogen-bond donors (Lipinski definition) is 4. The van der Waals surface area contributed by atoms with E-state index in [4.69, 9.17) is 12.2 Å². The van der Waals surface area contributed by atoms with Crippen LogP contribution in [0.3, 0.4) is 0 Å². The Morgan fingerprint density at radius 1 is 0.442 bits per heavy atom. The molecule has 0 radical (unpaired) electrons. The summed E-state index contributed by atoms with van der Waals surface area (Å²) in [6, 6.07) is 55.8. The standard InChI is InChI=1S/C23H17N5O4.C23H19N5O2.C18H15N3O2.C5H3BrN2O2/c29-22(27-15-14-26(23(27)30)20-9-2-1-3-10-20)25-19-8-4-6-17(16-19)11-12-18-7-5-13-24-21(18)28(31)32;24-21-18(7-5-13-25-21)12-11-17-6-4-8-19(16-17)26-22(29)28-15-14-27(23(28)30)20-9-2-1-3-10-20;1-2-14-7-6-8-15(13-14)19-17(22)21-12-11-20(18(21)23)16-9-4-3-5-10-16;6-4-2-1-3-7-5(4)8(9)10/h1-10,13,16H,14-15H2,(H,25,29);1-10,13,16H,14-15H2,(H2,24,25)(H,26,29);1,3-10,13H,11-12H2,(H,19,22);1-3H. The number of nitrogens with two attached hydrogens (primary N) is 1. The highest BCUT2D eigenvalue weighted by Gasteiger charge is 2.36. The van der Waals surface area contributed by atoms with Crippen LogP contribution in [0.4, 0.5) is 80.3 Å². The van der Waals surface area contributed by atoms with Crippen LogP contribution >= 0.6 is 15.9 Å². The molecule has 0 saturated carbocycles. The number of terminal acetylenes is 1. The molecule has 5 N–H and O–H groups in total. The lowest BCUT2D eigenvalue weighted by Gasteiger charge is -2.18. The molecule has 0 aliphatic carbocycles. The first-order valence-electron chi connectivity index (χ1n) is 28.8. The van der Waals surface area contributed by atoms with E-state index in [1.54, 1.807) is 118 Å². The van der Waals surface area contributed by atoms with Gasteiger partial charge in [0, 0.05) is 76.6 Å². The molecule has 9 aromatic rings. The number of imide groups is 3. The molecule has 0 bridgehead atoms. The van der Waals surface area contributed by atoms with E-state index < -0.39 is 34.0 Å². The third-order valence-corrected chi connectivity index (χ3v) is 14.5. The molecule has 12 rings (SSSR count). The van der Waals surface area contributed by atoms with E-state index in [0.717, 1.165) is 22.0 Å². The van der Waals surface area contributed by atoms with Crippen LogP contribution in [0, 0.1) is 56.3 Å². The Balaban J connectivity index is 0.000000157. The Labute approximate surface area is 552 Å². The molecule has 95 heavy (non-hydrogen) atoms. The second-order valence-electron chi connectivity index (χ2n) is 20.1. The maximum Gasteiger partial charge on any atom is 0.379 e. The van der Waals surface area contributed by atoms with Crippen molar-refractivity contribution in [1.29, 1.82) is 0 Å². The molecule has 3 aliphatic rings. The predicted octanol–water partition coefficient (Wildman–Crippen LogP) is 12.3. The Kier molecular flexibility index (Phi) is 22.3. The van der Waals surface area contributed by atoms with Crippen molar-refractivity contribution in [2.45, 2.75) is 0 Å². The number of benzene rings is 6. The van der Waals surface area contributed by atoms with Gasteiger partial charge in [0.05, 0.1) is 25.2 Å². The van der Waals surface area contributed by atoms with Crippen LogP contribution in [0.1, 0.15) is 27.8 Å². The van der Waals surface area contributed by atoms with Crippen molar-refractivity contribution in [3.63, 3.8) is 0 Å². The number of halogens is 1. The third-order valence-electron chi connectivity index (χ3n) is 13.9. The number of carbonyl (C=O) groups is 6. The molecule has 3 saturated heterocycles. The average Bonchev–Trinajstić information content (AvgIpc) is 2.29. The average molecular weight is 1330 g/mol. The number of pyridine rings is 3. The summed E-state index contributed by atoms with van der Waals surface area (Å²) < 4.78 is 0.403. The van der Waals surface area contributed by atoms with Gasteiger partial charge in [-0.25, -0.2) is 48.5 Å². The first-order valence-corrected chi connectivity index (χ1v) is 29.5. The molecule has 25 nitrogen and oxygen atoms in total. The molecule has 12 amide bonds. The topological polar surface area (TPSA) is 309 Å². The van der Waals surface area contributed by atoms with Crippen molar-refractivity contribution in [2.24, 2.45) is 0 Å². The quantitative estimate of drug-likeness (QED) is 0.0625. The number of nitrogens with zero attached hydrogens (tertiary/aromatic N) is 11. The van der Waals surface area contributed by atoms with Crippen LogP contribution in [0.25, 0.3) is 0 Å². The van der Waals surface area contributed by atoms with E-state index in [0.29, 0.717) is 82.3 Å². The summed E-state index contributed by atoms with van der Waals surface area (Å²) >= 11 is 2.99. The van der Waals surface area contributed by atoms with Gasteiger partial charge in [-0.1, -0.05) is 102 Å². The molecule has 0 spiro atoms. The fraction of sp³-hybridized carbons (Fsp3) is 0.0870. The first kappa shape index (κ1) is 66.2. The summed E-state index contributed by atoms with van der Waals surface area (Å²) in [5.74, 6) is 14.0. The van der Waals surface area contributed by atoms with Gasteiger partial charge in [-0.15, -0.1) is 6.42 Å². The lowest BCUT2D eigenvalue weighted by atomic mass is 10.2. The summed E-state index contributed by atoms with van der Waals surface area (Å²) in [6.07, 6.45) is 9.66. The molecule has 0 atom stereocenters. The lowest BCUT2D eigenvalue weighted by Crippen LogP contribution is -2.39. The lowest BCUT2D eigenvalue weighted by molar-refractivity contribution is -0.390. The van der Waals surface area contributed by atoms with Crippen LogP contribution < -0.4 is 36.4 Å². The van der Waals surface area contributed by atoms with Gasteiger partial charge in [0.25, 0.3) is 0 Å². The molecular weight excluding hydrogens is 1280 g/mol. The van der Waals surface area contributed by atoms with Gasteiger partial charge < -0.3 is 41.9 Å². The SMILES string of the molecule is C#Cc1cccc(NC(=O)N2CCN(c3ccccc3)C2=O)c1.Nc1ncccc1C#Cc1cccc(NC(=O)N2CCN(c3ccccc3)C2=O)c1.O=C(Nc1cccc(C#Cc2cccnc2[N+](=O)[O-])c1)N1CCN(c2ccccc2)C1=O.O=[N+]([O-])c1ncccc1Br. The number of urea groups is 6.